The Balaban J connectivity index is 1.45. The van der Waals surface area contributed by atoms with Crippen molar-refractivity contribution < 1.29 is 9.31 Å². The molecule has 0 bridgehead atoms. The van der Waals surface area contributed by atoms with Crippen LogP contribution in [0.1, 0.15) is 99.6 Å². The summed E-state index contributed by atoms with van der Waals surface area (Å²) in [7, 11) is 2.15. The molecule has 0 saturated carbocycles. The fourth-order valence-corrected chi connectivity index (χ4v) is 8.28. The molecule has 0 aromatic heterocycles. The van der Waals surface area contributed by atoms with E-state index in [0.717, 1.165) is 43.9 Å². The Morgan fingerprint density at radius 2 is 1.44 bits per heavy atom. The van der Waals surface area contributed by atoms with Crippen LogP contribution in [0.3, 0.4) is 0 Å². The van der Waals surface area contributed by atoms with Crippen LogP contribution in [0.15, 0.2) is 120 Å². The number of nitrogens with zero attached hydrogens (tertiary/aromatic N) is 3. The molecule has 2 heterocycles. The zero-order chi connectivity index (χ0) is 37.4. The van der Waals surface area contributed by atoms with E-state index in [-0.39, 0.29) is 10.8 Å². The number of para-hydroxylation sites is 2. The van der Waals surface area contributed by atoms with E-state index < -0.39 is 0 Å². The molecule has 274 valence electrons. The predicted octanol–water partition coefficient (Wildman–Crippen LogP) is 11.9. The van der Waals surface area contributed by atoms with Gasteiger partial charge in [-0.3, -0.25) is 0 Å². The first kappa shape index (κ1) is 37.4. The van der Waals surface area contributed by atoms with Gasteiger partial charge in [0.1, 0.15) is 11.5 Å². The molecule has 1 aliphatic carbocycles. The lowest BCUT2D eigenvalue weighted by molar-refractivity contribution is -0.445. The molecule has 4 nitrogen and oxygen atoms in total. The molecule has 0 radical (unpaired) electrons. The Hall–Kier alpha value is -4.31. The van der Waals surface area contributed by atoms with Crippen LogP contribution in [0.2, 0.25) is 0 Å². The summed E-state index contributed by atoms with van der Waals surface area (Å²) in [6.45, 7) is 25.2. The summed E-state index contributed by atoms with van der Waals surface area (Å²) in [5, 5.41) is 0. The molecule has 3 aliphatic rings. The molecule has 3 aromatic rings. The zero-order valence-electron chi connectivity index (χ0n) is 33.8. The molecule has 0 saturated heterocycles. The van der Waals surface area contributed by atoms with Crippen LogP contribution in [0.25, 0.3) is 0 Å². The van der Waals surface area contributed by atoms with Crippen LogP contribution in [0.4, 0.5) is 17.1 Å². The van der Waals surface area contributed by atoms with Gasteiger partial charge in [-0.05, 0) is 112 Å². The predicted molar refractivity (Wildman–Crippen MR) is 223 cm³/mol. The number of anilines is 2. The number of ether oxygens (including phenoxy) is 1. The second-order valence-electron chi connectivity index (χ2n) is 17.3. The lowest BCUT2D eigenvalue weighted by Gasteiger charge is -2.29. The largest absolute Gasteiger partial charge is 0.457 e. The maximum absolute atomic E-state index is 6.99. The monoisotopic (exact) mass is 696 g/mol. The highest BCUT2D eigenvalue weighted by molar-refractivity contribution is 6.03. The Bertz CT molecular complexity index is 1930. The summed E-state index contributed by atoms with van der Waals surface area (Å²) >= 11 is 0. The van der Waals surface area contributed by atoms with Gasteiger partial charge < -0.3 is 14.5 Å². The van der Waals surface area contributed by atoms with E-state index in [1.165, 1.54) is 50.7 Å². The van der Waals surface area contributed by atoms with Gasteiger partial charge in [0, 0.05) is 65.7 Å². The van der Waals surface area contributed by atoms with Crippen LogP contribution in [-0.2, 0) is 10.8 Å². The fraction of sp³-hybridized carbons (Fsp3) is 0.438. The molecule has 4 heteroatoms. The Morgan fingerprint density at radius 1 is 0.769 bits per heavy atom. The topological polar surface area (TPSA) is 18.7 Å². The first-order chi connectivity index (χ1) is 24.7. The minimum Gasteiger partial charge on any atom is -0.457 e. The van der Waals surface area contributed by atoms with E-state index >= 15 is 0 Å². The number of allylic oxidation sites excluding steroid dienone is 7. The highest BCUT2D eigenvalue weighted by Gasteiger charge is 2.44. The molecular formula is C48H62N3O+. The smallest absolute Gasteiger partial charge is 0.209 e. The minimum atomic E-state index is -0.0947. The third-order valence-corrected chi connectivity index (χ3v) is 11.3. The van der Waals surface area contributed by atoms with Crippen LogP contribution in [0.5, 0.6) is 5.75 Å². The van der Waals surface area contributed by atoms with E-state index in [2.05, 4.69) is 188 Å². The molecule has 52 heavy (non-hydrogen) atoms. The summed E-state index contributed by atoms with van der Waals surface area (Å²) in [5.74, 6) is 2.96. The van der Waals surface area contributed by atoms with Gasteiger partial charge in [-0.15, -0.1) is 0 Å². The van der Waals surface area contributed by atoms with Gasteiger partial charge in [0.15, 0.2) is 12.3 Å². The van der Waals surface area contributed by atoms with Crippen molar-refractivity contribution >= 4 is 22.8 Å². The van der Waals surface area contributed by atoms with E-state index in [1.54, 1.807) is 0 Å². The Kier molecular flexibility index (Phi) is 10.8. The first-order valence-corrected chi connectivity index (χ1v) is 19.6. The fourth-order valence-electron chi connectivity index (χ4n) is 8.28. The molecule has 0 spiro atoms. The van der Waals surface area contributed by atoms with Gasteiger partial charge >= 0.3 is 0 Å². The van der Waals surface area contributed by atoms with Crippen molar-refractivity contribution in [1.29, 1.82) is 0 Å². The third kappa shape index (κ3) is 7.31. The van der Waals surface area contributed by atoms with Gasteiger partial charge in [-0.1, -0.05) is 84.0 Å². The van der Waals surface area contributed by atoms with Crippen LogP contribution < -0.4 is 14.5 Å². The van der Waals surface area contributed by atoms with Gasteiger partial charge in [-0.2, -0.15) is 4.58 Å². The second kappa shape index (κ2) is 15.0. The number of hydrogen-bond donors (Lipinski definition) is 0. The van der Waals surface area contributed by atoms with Crippen molar-refractivity contribution in [2.45, 2.75) is 105 Å². The summed E-state index contributed by atoms with van der Waals surface area (Å²) < 4.78 is 9.54. The van der Waals surface area contributed by atoms with Gasteiger partial charge in [0.2, 0.25) is 5.69 Å². The quantitative estimate of drug-likeness (QED) is 0.186. The maximum atomic E-state index is 6.99. The molecule has 0 fully saturated rings. The number of hydrogen-bond acceptors (Lipinski definition) is 3. The van der Waals surface area contributed by atoms with Crippen molar-refractivity contribution in [3.05, 3.63) is 131 Å². The normalized spacial score (nSPS) is 19.6. The van der Waals surface area contributed by atoms with Crippen LogP contribution >= 0.6 is 0 Å². The molecule has 0 atom stereocenters. The summed E-state index contributed by atoms with van der Waals surface area (Å²) in [5.41, 5.74) is 11.7. The van der Waals surface area contributed by atoms with Crippen molar-refractivity contribution in [2.75, 3.05) is 29.9 Å². The van der Waals surface area contributed by atoms with Crippen LogP contribution in [0, 0.1) is 11.8 Å². The standard InChI is InChI=1S/C48H62N3O/c1-33(2)31-50-42-21-14-12-19-40(42)47(7,8)44(50)29-23-36-17-16-18-37(46(36)52-39-27-25-38(26-28-39)49(11)35(5)6)24-30-45-48(9,10)41-20-13-15-22-43(41)51(45)32-34(3)4/h12-15,19-30,33-35H,16-18,31-32H2,1-11H3/q+1. The first-order valence-electron chi connectivity index (χ1n) is 19.6. The van der Waals surface area contributed by atoms with Crippen molar-refractivity contribution in [1.82, 2.24) is 0 Å². The summed E-state index contributed by atoms with van der Waals surface area (Å²) in [6.07, 6.45) is 12.6. The third-order valence-electron chi connectivity index (χ3n) is 11.3. The highest BCUT2D eigenvalue weighted by Crippen LogP contribution is 2.48. The van der Waals surface area contributed by atoms with Crippen LogP contribution in [-0.4, -0.2) is 36.5 Å². The number of fused-ring (bicyclic) bond motifs is 2. The van der Waals surface area contributed by atoms with Crippen molar-refractivity contribution in [2.24, 2.45) is 11.8 Å². The van der Waals surface area contributed by atoms with Crippen molar-refractivity contribution in [3.8, 4) is 5.75 Å². The minimum absolute atomic E-state index is 0.0947. The Morgan fingerprint density at radius 3 is 2.12 bits per heavy atom. The van der Waals surface area contributed by atoms with E-state index in [1.807, 2.05) is 0 Å². The molecule has 0 amide bonds. The summed E-state index contributed by atoms with van der Waals surface area (Å²) in [6, 6.07) is 26.9. The van der Waals surface area contributed by atoms with E-state index in [4.69, 9.17) is 4.74 Å². The summed E-state index contributed by atoms with van der Waals surface area (Å²) in [4.78, 5) is 4.84. The van der Waals surface area contributed by atoms with E-state index in [9.17, 15) is 0 Å². The zero-order valence-corrected chi connectivity index (χ0v) is 33.8. The van der Waals surface area contributed by atoms with Crippen molar-refractivity contribution in [3.63, 3.8) is 0 Å². The SMILES string of the molecule is CC(C)CN1C(=CC=C2CCCC(C=CC3=[N+](CC(C)C)c4ccccc4C3(C)C)=C2Oc2ccc(N(C)C(C)C)cc2)C(C)(C)c2ccccc21. The van der Waals surface area contributed by atoms with E-state index in [0.29, 0.717) is 17.9 Å². The lowest BCUT2D eigenvalue weighted by Crippen LogP contribution is -2.29. The number of benzene rings is 3. The molecule has 0 N–H and O–H groups in total. The molecule has 0 unspecified atom stereocenters. The van der Waals surface area contributed by atoms with Gasteiger partial charge in [0.05, 0.1) is 5.41 Å². The molecule has 3 aromatic carbocycles. The molecule has 2 aliphatic heterocycles. The average Bonchev–Trinajstić information content (AvgIpc) is 3.44. The number of rotatable bonds is 11. The average molecular weight is 697 g/mol. The van der Waals surface area contributed by atoms with Gasteiger partial charge in [0.25, 0.3) is 0 Å². The van der Waals surface area contributed by atoms with Gasteiger partial charge in [-0.25, -0.2) is 0 Å². The lowest BCUT2D eigenvalue weighted by atomic mass is 9.81. The Labute approximate surface area is 314 Å². The molecular weight excluding hydrogens is 635 g/mol. The highest BCUT2D eigenvalue weighted by atomic mass is 16.5. The maximum Gasteiger partial charge on any atom is 0.209 e. The second-order valence-corrected chi connectivity index (χ2v) is 17.3. The molecule has 6 rings (SSSR count).